The average Bonchev–Trinajstić information content (AvgIpc) is 2.51. The molecule has 0 aliphatic rings. The lowest BCUT2D eigenvalue weighted by molar-refractivity contribution is -0.138. The largest absolute Gasteiger partial charge is 0.472 e. The summed E-state index contributed by atoms with van der Waals surface area (Å²) in [6.07, 6.45) is -8.56. The maximum Gasteiger partial charge on any atom is 0.418 e. The Morgan fingerprint density at radius 2 is 1.60 bits per heavy atom. The molecule has 2 rings (SSSR count). The van der Waals surface area contributed by atoms with Crippen LogP contribution in [0.3, 0.4) is 0 Å². The summed E-state index contributed by atoms with van der Waals surface area (Å²) in [5.41, 5.74) is -3.27. The number of halogens is 6. The lowest BCUT2D eigenvalue weighted by Crippen LogP contribution is -2.09. The molecule has 2 aromatic rings. The lowest BCUT2D eigenvalue weighted by Gasteiger charge is -2.13. The lowest BCUT2D eigenvalue weighted by atomic mass is 10.0. The maximum atomic E-state index is 13.2. The van der Waals surface area contributed by atoms with Gasteiger partial charge in [0.2, 0.25) is 0 Å². The average molecular weight is 359 g/mol. The molecule has 0 spiro atoms. The van der Waals surface area contributed by atoms with Crippen LogP contribution in [0.25, 0.3) is 11.3 Å². The van der Waals surface area contributed by atoms with Crippen LogP contribution in [0.1, 0.15) is 16.7 Å². The number of benzene rings is 1. The zero-order chi connectivity index (χ0) is 18.8. The van der Waals surface area contributed by atoms with Crippen molar-refractivity contribution >= 4 is 5.97 Å². The number of alkyl halides is 6. The van der Waals surface area contributed by atoms with Gasteiger partial charge in [0.1, 0.15) is 0 Å². The van der Waals surface area contributed by atoms with Crippen LogP contribution in [0, 0.1) is 11.8 Å². The standard InChI is InChI=1S/C16H7F6NO2/c17-15(18,19)11-4-2-10(3-5-11)14-12(16(20,21)22)7-9(8-23-14)1-6-13(24)25/h2-5,7-8H,(H,24,25). The molecule has 0 aliphatic carbocycles. The maximum absolute atomic E-state index is 13.2. The van der Waals surface area contributed by atoms with E-state index in [-0.39, 0.29) is 11.1 Å². The number of aliphatic carboxylic acids is 1. The predicted octanol–water partition coefficient (Wildman–Crippen LogP) is 4.22. The van der Waals surface area contributed by atoms with E-state index in [9.17, 15) is 31.1 Å². The van der Waals surface area contributed by atoms with Gasteiger partial charge in [0.05, 0.1) is 16.8 Å². The van der Waals surface area contributed by atoms with Crippen molar-refractivity contribution in [1.82, 2.24) is 4.98 Å². The highest BCUT2D eigenvalue weighted by Gasteiger charge is 2.35. The highest BCUT2D eigenvalue weighted by molar-refractivity contribution is 5.87. The Kier molecular flexibility index (Phi) is 4.74. The Hall–Kier alpha value is -3.02. The van der Waals surface area contributed by atoms with E-state index in [2.05, 4.69) is 4.98 Å². The van der Waals surface area contributed by atoms with Gasteiger partial charge in [-0.25, -0.2) is 4.79 Å². The first-order valence-corrected chi connectivity index (χ1v) is 6.48. The topological polar surface area (TPSA) is 50.2 Å². The summed E-state index contributed by atoms with van der Waals surface area (Å²) in [4.78, 5) is 13.9. The molecule has 0 aliphatic heterocycles. The summed E-state index contributed by atoms with van der Waals surface area (Å²) in [7, 11) is 0. The summed E-state index contributed by atoms with van der Waals surface area (Å²) < 4.78 is 77.2. The number of carbonyl (C=O) groups is 1. The van der Waals surface area contributed by atoms with Gasteiger partial charge < -0.3 is 5.11 Å². The van der Waals surface area contributed by atoms with Crippen molar-refractivity contribution < 1.29 is 36.2 Å². The second-order valence-corrected chi connectivity index (χ2v) is 4.75. The van der Waals surface area contributed by atoms with Crippen molar-refractivity contribution in [2.24, 2.45) is 0 Å². The van der Waals surface area contributed by atoms with Crippen LogP contribution in [-0.2, 0) is 17.1 Å². The number of aromatic nitrogens is 1. The summed E-state index contributed by atoms with van der Waals surface area (Å²) >= 11 is 0. The fourth-order valence-electron chi connectivity index (χ4n) is 1.92. The Labute approximate surface area is 136 Å². The molecule has 25 heavy (non-hydrogen) atoms. The van der Waals surface area contributed by atoms with Crippen LogP contribution in [0.2, 0.25) is 0 Å². The molecule has 1 aromatic carbocycles. The van der Waals surface area contributed by atoms with Crippen molar-refractivity contribution in [2.45, 2.75) is 12.4 Å². The number of hydrogen-bond donors (Lipinski definition) is 1. The van der Waals surface area contributed by atoms with Crippen molar-refractivity contribution in [3.05, 3.63) is 53.2 Å². The van der Waals surface area contributed by atoms with E-state index < -0.39 is 35.1 Å². The number of carboxylic acid groups (broad SMARTS) is 1. The highest BCUT2D eigenvalue weighted by atomic mass is 19.4. The first kappa shape index (κ1) is 18.3. The van der Waals surface area contributed by atoms with E-state index in [4.69, 9.17) is 5.11 Å². The van der Waals surface area contributed by atoms with Gasteiger partial charge in [-0.2, -0.15) is 26.3 Å². The van der Waals surface area contributed by atoms with E-state index >= 15 is 0 Å². The van der Waals surface area contributed by atoms with Gasteiger partial charge in [0.15, 0.2) is 0 Å². The van der Waals surface area contributed by atoms with Crippen molar-refractivity contribution in [3.8, 4) is 23.1 Å². The van der Waals surface area contributed by atoms with Gasteiger partial charge in [-0.15, -0.1) is 0 Å². The van der Waals surface area contributed by atoms with Gasteiger partial charge in [0, 0.05) is 23.2 Å². The second kappa shape index (κ2) is 6.47. The molecule has 0 radical (unpaired) electrons. The summed E-state index contributed by atoms with van der Waals surface area (Å²) in [5, 5.41) is 8.42. The first-order valence-electron chi connectivity index (χ1n) is 6.48. The molecule has 9 heteroatoms. The van der Waals surface area contributed by atoms with Gasteiger partial charge in [-0.1, -0.05) is 18.1 Å². The molecule has 0 saturated heterocycles. The highest BCUT2D eigenvalue weighted by Crippen LogP contribution is 2.37. The number of nitrogens with zero attached hydrogens (tertiary/aromatic N) is 1. The smallest absolute Gasteiger partial charge is 0.418 e. The summed E-state index contributed by atoms with van der Waals surface area (Å²) in [6, 6.07) is 3.65. The van der Waals surface area contributed by atoms with Crippen LogP contribution >= 0.6 is 0 Å². The minimum atomic E-state index is -4.86. The van der Waals surface area contributed by atoms with Gasteiger partial charge >= 0.3 is 18.3 Å². The van der Waals surface area contributed by atoms with Gasteiger partial charge in [0.25, 0.3) is 0 Å². The van der Waals surface area contributed by atoms with E-state index in [1.54, 1.807) is 5.92 Å². The normalized spacial score (nSPS) is 11.6. The van der Waals surface area contributed by atoms with Gasteiger partial charge in [-0.3, -0.25) is 4.98 Å². The third kappa shape index (κ3) is 4.50. The monoisotopic (exact) mass is 359 g/mol. The quantitative estimate of drug-likeness (QED) is 0.613. The zero-order valence-corrected chi connectivity index (χ0v) is 12.0. The molecule has 3 nitrogen and oxygen atoms in total. The molecular formula is C16H7F6NO2. The van der Waals surface area contributed by atoms with Crippen molar-refractivity contribution in [1.29, 1.82) is 0 Å². The SMILES string of the molecule is O=C(O)C#Cc1cnc(-c2ccc(C(F)(F)F)cc2)c(C(F)(F)F)c1. The first-order chi connectivity index (χ1) is 11.5. The molecule has 0 unspecified atom stereocenters. The van der Waals surface area contributed by atoms with E-state index in [1.165, 1.54) is 0 Å². The fraction of sp³-hybridized carbons (Fsp3) is 0.125. The predicted molar refractivity (Wildman–Crippen MR) is 74.2 cm³/mol. The Bertz CT molecular complexity index is 857. The van der Waals surface area contributed by atoms with E-state index in [0.29, 0.717) is 18.2 Å². The molecular weight excluding hydrogens is 352 g/mol. The van der Waals surface area contributed by atoms with Crippen LogP contribution in [0.4, 0.5) is 26.3 Å². The zero-order valence-electron chi connectivity index (χ0n) is 12.0. The molecule has 1 heterocycles. The Morgan fingerprint density at radius 1 is 1.00 bits per heavy atom. The molecule has 130 valence electrons. The van der Waals surface area contributed by atoms with E-state index in [0.717, 1.165) is 18.3 Å². The minimum absolute atomic E-state index is 0.168. The Balaban J connectivity index is 2.54. The molecule has 0 fully saturated rings. The third-order valence-corrected chi connectivity index (χ3v) is 2.99. The molecule has 0 bridgehead atoms. The number of pyridine rings is 1. The molecule has 0 atom stereocenters. The second-order valence-electron chi connectivity index (χ2n) is 4.75. The summed E-state index contributed by atoms with van der Waals surface area (Å²) in [5.74, 6) is 2.13. The number of rotatable bonds is 1. The van der Waals surface area contributed by atoms with Crippen LogP contribution in [0.5, 0.6) is 0 Å². The third-order valence-electron chi connectivity index (χ3n) is 2.99. The van der Waals surface area contributed by atoms with Crippen LogP contribution in [0.15, 0.2) is 36.5 Å². The Morgan fingerprint density at radius 3 is 2.08 bits per heavy atom. The van der Waals surface area contributed by atoms with Crippen LogP contribution in [-0.4, -0.2) is 16.1 Å². The van der Waals surface area contributed by atoms with Crippen LogP contribution < -0.4 is 0 Å². The van der Waals surface area contributed by atoms with Crippen molar-refractivity contribution in [2.75, 3.05) is 0 Å². The van der Waals surface area contributed by atoms with Crippen molar-refractivity contribution in [3.63, 3.8) is 0 Å². The molecule has 1 aromatic heterocycles. The number of hydrogen-bond acceptors (Lipinski definition) is 2. The molecule has 0 saturated carbocycles. The van der Waals surface area contributed by atoms with E-state index in [1.807, 2.05) is 5.92 Å². The fourth-order valence-corrected chi connectivity index (χ4v) is 1.92. The minimum Gasteiger partial charge on any atom is -0.472 e. The van der Waals surface area contributed by atoms with Gasteiger partial charge in [-0.05, 0) is 18.2 Å². The molecule has 0 amide bonds. The molecule has 1 N–H and O–H groups in total. The summed E-state index contributed by atoms with van der Waals surface area (Å²) in [6.45, 7) is 0. The number of carboxylic acids is 1.